The van der Waals surface area contributed by atoms with Crippen LogP contribution in [0.25, 0.3) is 0 Å². The Morgan fingerprint density at radius 3 is 2.52 bits per heavy atom. The molecular formula is C16H29N3O2. The molecule has 1 aliphatic heterocycles. The molecule has 0 spiro atoms. The van der Waals surface area contributed by atoms with E-state index in [4.69, 9.17) is 5.73 Å². The smallest absolute Gasteiger partial charge is 0.236 e. The molecule has 5 heteroatoms. The third-order valence-corrected chi connectivity index (χ3v) is 5.35. The average molecular weight is 295 g/mol. The average Bonchev–Trinajstić information content (AvgIpc) is 2.80. The van der Waals surface area contributed by atoms with Gasteiger partial charge < -0.3 is 15.8 Å². The van der Waals surface area contributed by atoms with Gasteiger partial charge in [-0.25, -0.2) is 0 Å². The number of hydrogen-bond donors (Lipinski definition) is 2. The van der Waals surface area contributed by atoms with Crippen LogP contribution >= 0.6 is 0 Å². The molecule has 1 unspecified atom stereocenters. The number of rotatable bonds is 3. The molecule has 1 heterocycles. The number of likely N-dealkylation sites (tertiary alicyclic amines) is 1. The van der Waals surface area contributed by atoms with Gasteiger partial charge in [0.1, 0.15) is 5.41 Å². The molecule has 1 atom stereocenters. The molecule has 5 nitrogen and oxygen atoms in total. The Bertz CT molecular complexity index is 387. The van der Waals surface area contributed by atoms with E-state index >= 15 is 0 Å². The summed E-state index contributed by atoms with van der Waals surface area (Å²) in [6, 6.07) is 0. The van der Waals surface area contributed by atoms with E-state index in [9.17, 15) is 10.0 Å². The number of hydrogen-bond acceptors (Lipinski definition) is 3. The fourth-order valence-electron chi connectivity index (χ4n) is 3.89. The van der Waals surface area contributed by atoms with Crippen LogP contribution < -0.4 is 5.73 Å². The zero-order chi connectivity index (χ0) is 15.3. The molecular weight excluding hydrogens is 266 g/mol. The van der Waals surface area contributed by atoms with Crippen LogP contribution in [0, 0.1) is 11.3 Å². The first-order valence-electron chi connectivity index (χ1n) is 8.41. The van der Waals surface area contributed by atoms with Gasteiger partial charge in [0, 0.05) is 13.1 Å². The second-order valence-electron chi connectivity index (χ2n) is 6.65. The van der Waals surface area contributed by atoms with E-state index in [1.807, 2.05) is 4.90 Å². The highest BCUT2D eigenvalue weighted by molar-refractivity contribution is 6.06. The van der Waals surface area contributed by atoms with Crippen molar-refractivity contribution < 1.29 is 10.0 Å². The number of nitrogens with zero attached hydrogens (tertiary/aromatic N) is 2. The number of amides is 1. The van der Waals surface area contributed by atoms with Crippen LogP contribution in [0.4, 0.5) is 0 Å². The van der Waals surface area contributed by atoms with Crippen molar-refractivity contribution in [3.63, 3.8) is 0 Å². The van der Waals surface area contributed by atoms with Crippen molar-refractivity contribution >= 4 is 11.7 Å². The molecule has 1 saturated carbocycles. The maximum absolute atomic E-state index is 13.1. The van der Waals surface area contributed by atoms with Gasteiger partial charge in [-0.15, -0.1) is 0 Å². The first-order valence-corrected chi connectivity index (χ1v) is 8.41. The second-order valence-corrected chi connectivity index (χ2v) is 6.65. The predicted molar refractivity (Wildman–Crippen MR) is 83.1 cm³/mol. The third-order valence-electron chi connectivity index (χ3n) is 5.35. The van der Waals surface area contributed by atoms with Crippen molar-refractivity contribution in [1.29, 1.82) is 0 Å². The van der Waals surface area contributed by atoms with E-state index in [2.05, 4.69) is 12.1 Å². The molecule has 0 bridgehead atoms. The highest BCUT2D eigenvalue weighted by atomic mass is 16.4. The second kappa shape index (κ2) is 7.14. The van der Waals surface area contributed by atoms with Gasteiger partial charge in [0.15, 0.2) is 5.84 Å². The number of oxime groups is 1. The molecule has 0 aromatic rings. The molecule has 0 aromatic heterocycles. The molecule has 1 saturated heterocycles. The number of carbonyl (C=O) groups is 1. The normalized spacial score (nSPS) is 27.2. The summed E-state index contributed by atoms with van der Waals surface area (Å²) in [5, 5.41) is 12.4. The summed E-state index contributed by atoms with van der Waals surface area (Å²) in [6.45, 7) is 3.83. The molecule has 1 aliphatic carbocycles. The van der Waals surface area contributed by atoms with E-state index in [-0.39, 0.29) is 11.7 Å². The quantitative estimate of drug-likeness (QED) is 0.276. The summed E-state index contributed by atoms with van der Waals surface area (Å²) in [4.78, 5) is 15.1. The summed E-state index contributed by atoms with van der Waals surface area (Å²) in [5.41, 5.74) is 5.22. The Morgan fingerprint density at radius 1 is 1.29 bits per heavy atom. The summed E-state index contributed by atoms with van der Waals surface area (Å²) < 4.78 is 0. The van der Waals surface area contributed by atoms with Crippen molar-refractivity contribution in [3.8, 4) is 0 Å². The zero-order valence-electron chi connectivity index (χ0n) is 13.2. The standard InChI is InChI=1S/C16H29N3O2/c1-2-13-8-7-11-19(12-13)15(20)16(14(17)18-21)9-5-3-4-6-10-16/h13,21H,2-12H2,1H3,(H2,17,18). The fraction of sp³-hybridized carbons (Fsp3) is 0.875. The summed E-state index contributed by atoms with van der Waals surface area (Å²) in [5.74, 6) is 0.809. The SMILES string of the molecule is CCC1CCCN(C(=O)C2(C(N)=NO)CCCCCC2)C1. The number of nitrogens with two attached hydrogens (primary N) is 1. The fourth-order valence-corrected chi connectivity index (χ4v) is 3.89. The molecule has 2 aliphatic rings. The first kappa shape index (κ1) is 16.1. The van der Waals surface area contributed by atoms with E-state index in [0.29, 0.717) is 5.92 Å². The minimum Gasteiger partial charge on any atom is -0.409 e. The van der Waals surface area contributed by atoms with Gasteiger partial charge in [-0.3, -0.25) is 4.79 Å². The Morgan fingerprint density at radius 2 is 1.95 bits per heavy atom. The molecule has 0 radical (unpaired) electrons. The van der Waals surface area contributed by atoms with E-state index in [1.165, 1.54) is 6.42 Å². The molecule has 1 amide bonds. The molecule has 120 valence electrons. The van der Waals surface area contributed by atoms with Gasteiger partial charge >= 0.3 is 0 Å². The van der Waals surface area contributed by atoms with Crippen LogP contribution in [-0.2, 0) is 4.79 Å². The largest absolute Gasteiger partial charge is 0.409 e. The van der Waals surface area contributed by atoms with Crippen molar-refractivity contribution in [1.82, 2.24) is 4.90 Å². The Kier molecular flexibility index (Phi) is 5.48. The Hall–Kier alpha value is -1.26. The lowest BCUT2D eigenvalue weighted by Gasteiger charge is -2.39. The maximum Gasteiger partial charge on any atom is 0.236 e. The lowest BCUT2D eigenvalue weighted by atomic mass is 9.77. The Labute approximate surface area is 127 Å². The maximum atomic E-state index is 13.1. The van der Waals surface area contributed by atoms with Crippen LogP contribution in [0.5, 0.6) is 0 Å². The lowest BCUT2D eigenvalue weighted by Crippen LogP contribution is -2.53. The van der Waals surface area contributed by atoms with Gasteiger partial charge in [-0.1, -0.05) is 44.2 Å². The number of carbonyl (C=O) groups excluding carboxylic acids is 1. The van der Waals surface area contributed by atoms with Gasteiger partial charge in [0.2, 0.25) is 5.91 Å². The topological polar surface area (TPSA) is 78.9 Å². The molecule has 0 aromatic carbocycles. The van der Waals surface area contributed by atoms with Crippen LogP contribution in [0.3, 0.4) is 0 Å². The summed E-state index contributed by atoms with van der Waals surface area (Å²) in [6.07, 6.45) is 9.04. The van der Waals surface area contributed by atoms with Crippen molar-refractivity contribution in [2.45, 2.75) is 64.7 Å². The van der Waals surface area contributed by atoms with Crippen LogP contribution in [0.2, 0.25) is 0 Å². The van der Waals surface area contributed by atoms with E-state index < -0.39 is 5.41 Å². The highest BCUT2D eigenvalue weighted by Crippen LogP contribution is 2.38. The van der Waals surface area contributed by atoms with E-state index in [1.54, 1.807) is 0 Å². The molecule has 3 N–H and O–H groups in total. The monoisotopic (exact) mass is 295 g/mol. The summed E-state index contributed by atoms with van der Waals surface area (Å²) >= 11 is 0. The highest BCUT2D eigenvalue weighted by Gasteiger charge is 2.45. The minimum atomic E-state index is -0.763. The van der Waals surface area contributed by atoms with Gasteiger partial charge in [-0.05, 0) is 31.6 Å². The van der Waals surface area contributed by atoms with Gasteiger partial charge in [-0.2, -0.15) is 0 Å². The van der Waals surface area contributed by atoms with Crippen LogP contribution in [0.1, 0.15) is 64.7 Å². The first-order chi connectivity index (χ1) is 10.1. The number of amidine groups is 1. The predicted octanol–water partition coefficient (Wildman–Crippen LogP) is 2.72. The molecule has 2 fully saturated rings. The van der Waals surface area contributed by atoms with Crippen LogP contribution in [0.15, 0.2) is 5.16 Å². The Balaban J connectivity index is 2.21. The van der Waals surface area contributed by atoms with Crippen molar-refractivity contribution in [2.75, 3.05) is 13.1 Å². The lowest BCUT2D eigenvalue weighted by molar-refractivity contribution is -0.141. The summed E-state index contributed by atoms with van der Waals surface area (Å²) in [7, 11) is 0. The molecule has 2 rings (SSSR count). The third kappa shape index (κ3) is 3.33. The minimum absolute atomic E-state index is 0.0952. The van der Waals surface area contributed by atoms with Crippen molar-refractivity contribution in [3.05, 3.63) is 0 Å². The van der Waals surface area contributed by atoms with Gasteiger partial charge in [0.25, 0.3) is 0 Å². The zero-order valence-corrected chi connectivity index (χ0v) is 13.2. The van der Waals surface area contributed by atoms with Gasteiger partial charge in [0.05, 0.1) is 0 Å². The van der Waals surface area contributed by atoms with Crippen molar-refractivity contribution in [2.24, 2.45) is 22.2 Å². The van der Waals surface area contributed by atoms with E-state index in [0.717, 1.165) is 64.5 Å². The van der Waals surface area contributed by atoms with Crippen LogP contribution in [-0.4, -0.2) is 34.9 Å². The number of piperidine rings is 1. The molecule has 21 heavy (non-hydrogen) atoms.